The summed E-state index contributed by atoms with van der Waals surface area (Å²) in [5, 5.41) is 12.7. The number of hydrogen-bond acceptors (Lipinski definition) is 3. The summed E-state index contributed by atoms with van der Waals surface area (Å²) >= 11 is 0. The first kappa shape index (κ1) is 15.8. The average Bonchev–Trinajstić information content (AvgIpc) is 2.91. The molecule has 4 heteroatoms. The lowest BCUT2D eigenvalue weighted by molar-refractivity contribution is -0.127. The van der Waals surface area contributed by atoms with Crippen molar-refractivity contribution in [3.8, 4) is 0 Å². The van der Waals surface area contributed by atoms with Gasteiger partial charge in [0.1, 0.15) is 0 Å². The molecule has 1 aliphatic carbocycles. The van der Waals surface area contributed by atoms with Crippen LogP contribution in [0.1, 0.15) is 31.7 Å². The number of aliphatic hydroxyl groups excluding tert-OH is 1. The Balaban J connectivity index is 1.84. The molecule has 2 unspecified atom stereocenters. The Morgan fingerprint density at radius 1 is 1.38 bits per heavy atom. The monoisotopic (exact) mass is 290 g/mol. The maximum atomic E-state index is 12.0. The number of aryl methyl sites for hydroxylation is 1. The third-order valence-electron chi connectivity index (χ3n) is 4.34. The highest BCUT2D eigenvalue weighted by Crippen LogP contribution is 2.25. The van der Waals surface area contributed by atoms with Gasteiger partial charge in [0.05, 0.1) is 12.0 Å². The van der Waals surface area contributed by atoms with E-state index in [0.717, 1.165) is 32.4 Å². The highest BCUT2D eigenvalue weighted by atomic mass is 16.3. The van der Waals surface area contributed by atoms with Crippen LogP contribution < -0.4 is 10.2 Å². The van der Waals surface area contributed by atoms with Crippen molar-refractivity contribution < 1.29 is 9.90 Å². The van der Waals surface area contributed by atoms with E-state index in [1.165, 1.54) is 11.3 Å². The topological polar surface area (TPSA) is 52.6 Å². The lowest BCUT2D eigenvalue weighted by atomic mass is 10.1. The van der Waals surface area contributed by atoms with E-state index in [4.69, 9.17) is 0 Å². The van der Waals surface area contributed by atoms with Crippen LogP contribution in [0.4, 0.5) is 5.69 Å². The van der Waals surface area contributed by atoms with Gasteiger partial charge in [-0.25, -0.2) is 0 Å². The molecular formula is C17H26N2O2. The number of nitrogens with zero attached hydrogens (tertiary/aromatic N) is 1. The SMILES string of the molecule is CCN(CCNC(=O)C1CCCC1O)c1ccccc1C. The Kier molecular flexibility index (Phi) is 5.62. The number of nitrogens with one attached hydrogen (secondary N) is 1. The number of para-hydroxylation sites is 1. The highest BCUT2D eigenvalue weighted by molar-refractivity contribution is 5.79. The van der Waals surface area contributed by atoms with Crippen LogP contribution in [-0.4, -0.2) is 36.8 Å². The molecule has 0 bridgehead atoms. The van der Waals surface area contributed by atoms with Crippen LogP contribution in [0.5, 0.6) is 0 Å². The Hall–Kier alpha value is -1.55. The number of rotatable bonds is 6. The van der Waals surface area contributed by atoms with E-state index in [9.17, 15) is 9.90 Å². The molecule has 1 aromatic rings. The Bertz CT molecular complexity index is 476. The van der Waals surface area contributed by atoms with Crippen molar-refractivity contribution >= 4 is 11.6 Å². The molecule has 0 saturated heterocycles. The summed E-state index contributed by atoms with van der Waals surface area (Å²) in [5.41, 5.74) is 2.46. The summed E-state index contributed by atoms with van der Waals surface area (Å²) in [4.78, 5) is 14.3. The summed E-state index contributed by atoms with van der Waals surface area (Å²) < 4.78 is 0. The summed E-state index contributed by atoms with van der Waals surface area (Å²) in [6, 6.07) is 8.29. The van der Waals surface area contributed by atoms with Crippen molar-refractivity contribution in [1.29, 1.82) is 0 Å². The van der Waals surface area contributed by atoms with Gasteiger partial charge in [-0.15, -0.1) is 0 Å². The number of aliphatic hydroxyl groups is 1. The molecule has 0 spiro atoms. The number of likely N-dealkylation sites (N-methyl/N-ethyl adjacent to an activating group) is 1. The van der Waals surface area contributed by atoms with E-state index >= 15 is 0 Å². The van der Waals surface area contributed by atoms with Crippen molar-refractivity contribution in [2.24, 2.45) is 5.92 Å². The molecule has 0 radical (unpaired) electrons. The number of anilines is 1. The number of carbonyl (C=O) groups excluding carboxylic acids is 1. The smallest absolute Gasteiger partial charge is 0.225 e. The summed E-state index contributed by atoms with van der Waals surface area (Å²) in [7, 11) is 0. The van der Waals surface area contributed by atoms with Crippen molar-refractivity contribution in [2.75, 3.05) is 24.5 Å². The Morgan fingerprint density at radius 3 is 2.76 bits per heavy atom. The van der Waals surface area contributed by atoms with E-state index in [2.05, 4.69) is 36.2 Å². The molecule has 116 valence electrons. The minimum Gasteiger partial charge on any atom is -0.392 e. The molecule has 1 fully saturated rings. The van der Waals surface area contributed by atoms with Gasteiger partial charge in [-0.2, -0.15) is 0 Å². The van der Waals surface area contributed by atoms with Crippen LogP contribution in [0.3, 0.4) is 0 Å². The van der Waals surface area contributed by atoms with Gasteiger partial charge in [-0.05, 0) is 44.7 Å². The first-order valence-electron chi connectivity index (χ1n) is 7.89. The van der Waals surface area contributed by atoms with Crippen LogP contribution in [0.25, 0.3) is 0 Å². The van der Waals surface area contributed by atoms with Gasteiger partial charge in [0.15, 0.2) is 0 Å². The molecule has 1 aliphatic rings. The molecule has 0 heterocycles. The number of carbonyl (C=O) groups is 1. The van der Waals surface area contributed by atoms with Crippen molar-refractivity contribution in [2.45, 2.75) is 39.2 Å². The Labute approximate surface area is 127 Å². The first-order chi connectivity index (χ1) is 10.1. The van der Waals surface area contributed by atoms with Crippen molar-refractivity contribution in [3.05, 3.63) is 29.8 Å². The third-order valence-corrected chi connectivity index (χ3v) is 4.34. The summed E-state index contributed by atoms with van der Waals surface area (Å²) in [5.74, 6) is -0.209. The molecule has 4 nitrogen and oxygen atoms in total. The predicted molar refractivity (Wildman–Crippen MR) is 85.4 cm³/mol. The fraction of sp³-hybridized carbons (Fsp3) is 0.588. The van der Waals surface area contributed by atoms with Crippen LogP contribution in [-0.2, 0) is 4.79 Å². The molecule has 1 saturated carbocycles. The normalized spacial score (nSPS) is 21.3. The zero-order chi connectivity index (χ0) is 15.2. The Morgan fingerprint density at radius 2 is 2.14 bits per heavy atom. The van der Waals surface area contributed by atoms with Crippen molar-refractivity contribution in [1.82, 2.24) is 5.32 Å². The van der Waals surface area contributed by atoms with Gasteiger partial charge in [-0.3, -0.25) is 4.79 Å². The van der Waals surface area contributed by atoms with E-state index in [0.29, 0.717) is 6.54 Å². The van der Waals surface area contributed by atoms with Gasteiger partial charge >= 0.3 is 0 Å². The van der Waals surface area contributed by atoms with Crippen LogP contribution in [0.15, 0.2) is 24.3 Å². The third kappa shape index (κ3) is 3.97. The molecule has 21 heavy (non-hydrogen) atoms. The molecular weight excluding hydrogens is 264 g/mol. The van der Waals surface area contributed by atoms with E-state index in [1.54, 1.807) is 0 Å². The summed E-state index contributed by atoms with van der Waals surface area (Å²) in [6.45, 7) is 6.54. The van der Waals surface area contributed by atoms with Gasteiger partial charge in [0.25, 0.3) is 0 Å². The van der Waals surface area contributed by atoms with Gasteiger partial charge in [-0.1, -0.05) is 18.2 Å². The molecule has 1 amide bonds. The van der Waals surface area contributed by atoms with Crippen LogP contribution in [0.2, 0.25) is 0 Å². The number of hydrogen-bond donors (Lipinski definition) is 2. The lowest BCUT2D eigenvalue weighted by Gasteiger charge is -2.25. The fourth-order valence-corrected chi connectivity index (χ4v) is 3.06. The van der Waals surface area contributed by atoms with E-state index < -0.39 is 6.10 Å². The molecule has 2 atom stereocenters. The second-order valence-corrected chi connectivity index (χ2v) is 5.76. The standard InChI is InChI=1S/C17H26N2O2/c1-3-19(15-9-5-4-7-13(15)2)12-11-18-17(21)14-8-6-10-16(14)20/h4-5,7,9,14,16,20H,3,6,8,10-12H2,1-2H3,(H,18,21). The minimum absolute atomic E-state index is 0.000775. The van der Waals surface area contributed by atoms with E-state index in [1.807, 2.05) is 12.1 Å². The molecule has 1 aromatic carbocycles. The number of amides is 1. The quantitative estimate of drug-likeness (QED) is 0.843. The average molecular weight is 290 g/mol. The van der Waals surface area contributed by atoms with Gasteiger partial charge in [0, 0.05) is 25.3 Å². The highest BCUT2D eigenvalue weighted by Gasteiger charge is 2.31. The zero-order valence-electron chi connectivity index (χ0n) is 13.0. The molecule has 0 aromatic heterocycles. The lowest BCUT2D eigenvalue weighted by Crippen LogP contribution is -2.39. The summed E-state index contributed by atoms with van der Waals surface area (Å²) in [6.07, 6.45) is 2.05. The second kappa shape index (κ2) is 7.46. The first-order valence-corrected chi connectivity index (χ1v) is 7.89. The maximum absolute atomic E-state index is 12.0. The van der Waals surface area contributed by atoms with Crippen LogP contribution in [0, 0.1) is 12.8 Å². The molecule has 2 rings (SSSR count). The maximum Gasteiger partial charge on any atom is 0.225 e. The predicted octanol–water partition coefficient (Wildman–Crippen LogP) is 2.10. The molecule has 2 N–H and O–H groups in total. The molecule has 0 aliphatic heterocycles. The van der Waals surface area contributed by atoms with Gasteiger partial charge < -0.3 is 15.3 Å². The van der Waals surface area contributed by atoms with Gasteiger partial charge in [0.2, 0.25) is 5.91 Å². The van der Waals surface area contributed by atoms with Crippen LogP contribution >= 0.6 is 0 Å². The van der Waals surface area contributed by atoms with E-state index in [-0.39, 0.29) is 11.8 Å². The fourth-order valence-electron chi connectivity index (χ4n) is 3.06. The minimum atomic E-state index is -0.455. The second-order valence-electron chi connectivity index (χ2n) is 5.76. The van der Waals surface area contributed by atoms with Crippen molar-refractivity contribution in [3.63, 3.8) is 0 Å². The number of benzene rings is 1. The largest absolute Gasteiger partial charge is 0.392 e. The zero-order valence-corrected chi connectivity index (χ0v) is 13.0.